The molecule has 1 atom stereocenters. The first-order valence-electron chi connectivity index (χ1n) is 6.98. The Labute approximate surface area is 122 Å². The van der Waals surface area contributed by atoms with Crippen LogP contribution in [-0.4, -0.2) is 37.1 Å². The van der Waals surface area contributed by atoms with E-state index in [1.165, 1.54) is 11.1 Å². The summed E-state index contributed by atoms with van der Waals surface area (Å²) in [6.07, 6.45) is -1.41. The molecule has 3 nitrogen and oxygen atoms in total. The number of benzene rings is 1. The highest BCUT2D eigenvalue weighted by atomic mass is 19.4. The van der Waals surface area contributed by atoms with E-state index in [-0.39, 0.29) is 12.6 Å². The predicted molar refractivity (Wildman–Crippen MR) is 73.8 cm³/mol. The molecule has 1 aliphatic rings. The molecule has 0 heterocycles. The van der Waals surface area contributed by atoms with Gasteiger partial charge in [0.05, 0.1) is 6.54 Å². The predicted octanol–water partition coefficient (Wildman–Crippen LogP) is 2.67. The lowest BCUT2D eigenvalue weighted by Gasteiger charge is -2.32. The third kappa shape index (κ3) is 4.46. The van der Waals surface area contributed by atoms with Gasteiger partial charge in [0.1, 0.15) is 6.54 Å². The van der Waals surface area contributed by atoms with E-state index in [9.17, 15) is 18.0 Å². The van der Waals surface area contributed by atoms with Gasteiger partial charge in [-0.2, -0.15) is 13.2 Å². The van der Waals surface area contributed by atoms with E-state index < -0.39 is 18.6 Å². The van der Waals surface area contributed by atoms with Gasteiger partial charge in [-0.25, -0.2) is 0 Å². The van der Waals surface area contributed by atoms with E-state index >= 15 is 0 Å². The van der Waals surface area contributed by atoms with Gasteiger partial charge in [-0.15, -0.1) is 0 Å². The number of rotatable bonds is 4. The third-order valence-electron chi connectivity index (χ3n) is 3.75. The molecule has 1 aliphatic carbocycles. The fourth-order valence-electron chi connectivity index (χ4n) is 2.78. The summed E-state index contributed by atoms with van der Waals surface area (Å²) in [5.74, 6) is -0.599. The van der Waals surface area contributed by atoms with Crippen LogP contribution in [0.25, 0.3) is 0 Å². The van der Waals surface area contributed by atoms with Crippen LogP contribution >= 0.6 is 0 Å². The van der Waals surface area contributed by atoms with Crippen LogP contribution in [0.15, 0.2) is 24.3 Å². The second kappa shape index (κ2) is 6.47. The van der Waals surface area contributed by atoms with Crippen molar-refractivity contribution in [3.05, 3.63) is 35.4 Å². The SMILES string of the molecule is CN(CC(=O)NCC(F)(F)F)[C@@H]1CCCc2ccccc21. The van der Waals surface area contributed by atoms with Crippen molar-refractivity contribution in [1.29, 1.82) is 0 Å². The maximum atomic E-state index is 12.1. The number of carbonyl (C=O) groups is 1. The Hall–Kier alpha value is -1.56. The molecule has 2 rings (SSSR count). The number of nitrogens with zero attached hydrogens (tertiary/aromatic N) is 1. The summed E-state index contributed by atoms with van der Waals surface area (Å²) < 4.78 is 36.2. The van der Waals surface area contributed by atoms with Crippen molar-refractivity contribution in [3.63, 3.8) is 0 Å². The van der Waals surface area contributed by atoms with Crippen LogP contribution in [0.5, 0.6) is 0 Å². The molecule has 0 unspecified atom stereocenters. The molecular formula is C15H19F3N2O. The quantitative estimate of drug-likeness (QED) is 0.927. The molecule has 21 heavy (non-hydrogen) atoms. The Morgan fingerprint density at radius 2 is 2.10 bits per heavy atom. The van der Waals surface area contributed by atoms with Gasteiger partial charge in [-0.3, -0.25) is 9.69 Å². The van der Waals surface area contributed by atoms with Gasteiger partial charge in [0, 0.05) is 6.04 Å². The molecule has 0 bridgehead atoms. The van der Waals surface area contributed by atoms with Crippen molar-refractivity contribution in [2.24, 2.45) is 0 Å². The maximum absolute atomic E-state index is 12.1. The van der Waals surface area contributed by atoms with Gasteiger partial charge >= 0.3 is 6.18 Å². The zero-order valence-electron chi connectivity index (χ0n) is 11.9. The number of alkyl halides is 3. The standard InChI is InChI=1S/C15H19F3N2O/c1-20(9-14(21)19-10-15(16,17)18)13-8-4-6-11-5-2-3-7-12(11)13/h2-3,5,7,13H,4,6,8-10H2,1H3,(H,19,21)/t13-/m1/s1. The minimum absolute atomic E-state index is 0.0327. The zero-order chi connectivity index (χ0) is 15.5. The summed E-state index contributed by atoms with van der Waals surface area (Å²) >= 11 is 0. The Bertz CT molecular complexity index is 502. The Morgan fingerprint density at radius 3 is 2.81 bits per heavy atom. The summed E-state index contributed by atoms with van der Waals surface area (Å²) in [5, 5.41) is 1.91. The first-order valence-corrected chi connectivity index (χ1v) is 6.98. The zero-order valence-corrected chi connectivity index (χ0v) is 11.9. The summed E-state index contributed by atoms with van der Waals surface area (Å²) in [5.41, 5.74) is 2.44. The Balaban J connectivity index is 1.95. The van der Waals surface area contributed by atoms with Crippen LogP contribution in [0.3, 0.4) is 0 Å². The number of nitrogens with one attached hydrogen (secondary N) is 1. The monoisotopic (exact) mass is 300 g/mol. The third-order valence-corrected chi connectivity index (χ3v) is 3.75. The summed E-state index contributed by atoms with van der Waals surface area (Å²) in [6.45, 7) is -1.31. The summed E-state index contributed by atoms with van der Waals surface area (Å²) in [7, 11) is 1.78. The van der Waals surface area contributed by atoms with E-state index in [0.717, 1.165) is 19.3 Å². The second-order valence-electron chi connectivity index (χ2n) is 5.41. The number of hydrogen-bond acceptors (Lipinski definition) is 2. The molecule has 0 saturated carbocycles. The van der Waals surface area contributed by atoms with Crippen LogP contribution in [-0.2, 0) is 11.2 Å². The van der Waals surface area contributed by atoms with E-state index in [1.54, 1.807) is 7.05 Å². The van der Waals surface area contributed by atoms with Crippen molar-refractivity contribution in [1.82, 2.24) is 10.2 Å². The Kier molecular flexibility index (Phi) is 4.88. The molecule has 6 heteroatoms. The largest absolute Gasteiger partial charge is 0.405 e. The number of hydrogen-bond donors (Lipinski definition) is 1. The van der Waals surface area contributed by atoms with Gasteiger partial charge < -0.3 is 5.32 Å². The lowest BCUT2D eigenvalue weighted by molar-refractivity contribution is -0.139. The fraction of sp³-hybridized carbons (Fsp3) is 0.533. The van der Waals surface area contributed by atoms with Crippen LogP contribution in [0.1, 0.15) is 30.0 Å². The van der Waals surface area contributed by atoms with Crippen LogP contribution in [0, 0.1) is 0 Å². The van der Waals surface area contributed by atoms with E-state index in [0.29, 0.717) is 0 Å². The minimum atomic E-state index is -4.37. The molecular weight excluding hydrogens is 281 g/mol. The summed E-state index contributed by atoms with van der Waals surface area (Å²) in [6, 6.07) is 8.13. The van der Waals surface area contributed by atoms with Gasteiger partial charge in [0.15, 0.2) is 0 Å². The molecule has 0 aliphatic heterocycles. The molecule has 1 aromatic rings. The van der Waals surface area contributed by atoms with Gasteiger partial charge in [-0.1, -0.05) is 24.3 Å². The van der Waals surface area contributed by atoms with Crippen molar-refractivity contribution in [2.45, 2.75) is 31.5 Å². The first-order chi connectivity index (χ1) is 9.87. The van der Waals surface area contributed by atoms with Gasteiger partial charge in [-0.05, 0) is 37.4 Å². The topological polar surface area (TPSA) is 32.3 Å². The average molecular weight is 300 g/mol. The Morgan fingerprint density at radius 1 is 1.38 bits per heavy atom. The van der Waals surface area contributed by atoms with Crippen LogP contribution < -0.4 is 5.32 Å². The molecule has 1 aromatic carbocycles. The number of likely N-dealkylation sites (N-methyl/N-ethyl adjacent to an activating group) is 1. The summed E-state index contributed by atoms with van der Waals surface area (Å²) in [4.78, 5) is 13.4. The molecule has 1 amide bonds. The number of amides is 1. The molecule has 0 fully saturated rings. The fourth-order valence-corrected chi connectivity index (χ4v) is 2.78. The number of halogens is 3. The molecule has 0 saturated heterocycles. The lowest BCUT2D eigenvalue weighted by atomic mass is 9.87. The normalized spacial score (nSPS) is 18.4. The lowest BCUT2D eigenvalue weighted by Crippen LogP contribution is -2.41. The highest BCUT2D eigenvalue weighted by Crippen LogP contribution is 2.33. The minimum Gasteiger partial charge on any atom is -0.346 e. The average Bonchev–Trinajstić information content (AvgIpc) is 2.43. The molecule has 0 spiro atoms. The van der Waals surface area contributed by atoms with E-state index in [1.807, 2.05) is 28.4 Å². The molecule has 0 aromatic heterocycles. The molecule has 0 radical (unpaired) electrons. The first kappa shape index (κ1) is 15.8. The highest BCUT2D eigenvalue weighted by molar-refractivity contribution is 5.78. The van der Waals surface area contributed by atoms with Crippen LogP contribution in [0.2, 0.25) is 0 Å². The van der Waals surface area contributed by atoms with Crippen molar-refractivity contribution < 1.29 is 18.0 Å². The number of aryl methyl sites for hydroxylation is 1. The van der Waals surface area contributed by atoms with Crippen molar-refractivity contribution >= 4 is 5.91 Å². The van der Waals surface area contributed by atoms with E-state index in [4.69, 9.17) is 0 Å². The van der Waals surface area contributed by atoms with Crippen molar-refractivity contribution in [2.75, 3.05) is 20.1 Å². The molecule has 116 valence electrons. The second-order valence-corrected chi connectivity index (χ2v) is 5.41. The van der Waals surface area contributed by atoms with Gasteiger partial charge in [0.25, 0.3) is 0 Å². The highest BCUT2D eigenvalue weighted by Gasteiger charge is 2.29. The smallest absolute Gasteiger partial charge is 0.346 e. The number of carbonyl (C=O) groups excluding carboxylic acids is 1. The maximum Gasteiger partial charge on any atom is 0.405 e. The van der Waals surface area contributed by atoms with Crippen molar-refractivity contribution in [3.8, 4) is 0 Å². The van der Waals surface area contributed by atoms with E-state index in [2.05, 4.69) is 6.07 Å². The number of fused-ring (bicyclic) bond motifs is 1. The van der Waals surface area contributed by atoms with Gasteiger partial charge in [0.2, 0.25) is 5.91 Å². The molecule has 1 N–H and O–H groups in total. The van der Waals surface area contributed by atoms with Crippen LogP contribution in [0.4, 0.5) is 13.2 Å².